The van der Waals surface area contributed by atoms with Crippen molar-refractivity contribution in [3.63, 3.8) is 0 Å². The molecule has 0 bridgehead atoms. The largest absolute Gasteiger partial charge is 0.356 e. The summed E-state index contributed by atoms with van der Waals surface area (Å²) < 4.78 is 1.95. The van der Waals surface area contributed by atoms with Crippen LogP contribution in [0.25, 0.3) is 0 Å². The number of nitrogens with zero attached hydrogens (tertiary/aromatic N) is 5. The molecule has 0 saturated carbocycles. The van der Waals surface area contributed by atoms with Gasteiger partial charge in [-0.25, -0.2) is 4.98 Å². The number of aryl methyl sites for hydroxylation is 1. The SMILES string of the molecule is C#CCCC1(CCC(=O)NC[C@H]2CCC(=O)N(CC)[C@@H]2c2nccn2C)N=N1. The van der Waals surface area contributed by atoms with Crippen molar-refractivity contribution in [2.45, 2.75) is 57.2 Å². The number of rotatable bonds is 9. The Morgan fingerprint density at radius 2 is 2.21 bits per heavy atom. The van der Waals surface area contributed by atoms with Gasteiger partial charge in [-0.1, -0.05) is 0 Å². The van der Waals surface area contributed by atoms with Crippen LogP contribution >= 0.6 is 0 Å². The topological polar surface area (TPSA) is 92.0 Å². The molecule has 1 saturated heterocycles. The summed E-state index contributed by atoms with van der Waals surface area (Å²) in [5.74, 6) is 3.71. The Bertz CT molecular complexity index is 787. The Balaban J connectivity index is 1.57. The van der Waals surface area contributed by atoms with E-state index in [1.165, 1.54) is 0 Å². The van der Waals surface area contributed by atoms with Gasteiger partial charge in [-0.3, -0.25) is 9.59 Å². The molecule has 3 heterocycles. The van der Waals surface area contributed by atoms with Crippen molar-refractivity contribution in [1.82, 2.24) is 19.8 Å². The van der Waals surface area contributed by atoms with E-state index >= 15 is 0 Å². The standard InChI is InChI=1S/C20H28N6O2/c1-4-6-10-20(23-24-20)11-9-16(27)22-14-15-7-8-17(28)26(5-2)18(15)19-21-12-13-25(19)3/h1,12-13,15,18H,5-11,14H2,2-3H3,(H,22,27)/t15-,18+/m1/s1. The number of piperidine rings is 1. The van der Waals surface area contributed by atoms with E-state index < -0.39 is 5.66 Å². The molecule has 2 aliphatic heterocycles. The predicted molar refractivity (Wildman–Crippen MR) is 104 cm³/mol. The zero-order valence-corrected chi connectivity index (χ0v) is 16.6. The van der Waals surface area contributed by atoms with Gasteiger partial charge in [-0.15, -0.1) is 12.3 Å². The molecule has 8 nitrogen and oxygen atoms in total. The van der Waals surface area contributed by atoms with Crippen LogP contribution in [0.5, 0.6) is 0 Å². The molecule has 0 aliphatic carbocycles. The summed E-state index contributed by atoms with van der Waals surface area (Å²) in [6, 6.07) is -0.123. The van der Waals surface area contributed by atoms with Gasteiger partial charge >= 0.3 is 0 Å². The lowest BCUT2D eigenvalue weighted by Crippen LogP contribution is -2.47. The van der Waals surface area contributed by atoms with Crippen molar-refractivity contribution >= 4 is 11.8 Å². The lowest BCUT2D eigenvalue weighted by atomic mass is 9.87. The number of hydrogen-bond donors (Lipinski definition) is 1. The summed E-state index contributed by atoms with van der Waals surface area (Å²) in [7, 11) is 1.93. The van der Waals surface area contributed by atoms with Crippen LogP contribution in [0.4, 0.5) is 0 Å². The minimum atomic E-state index is -0.435. The molecule has 1 aromatic heterocycles. The fourth-order valence-electron chi connectivity index (χ4n) is 3.93. The van der Waals surface area contributed by atoms with Gasteiger partial charge in [0.05, 0.1) is 6.04 Å². The number of imidazole rings is 1. The van der Waals surface area contributed by atoms with E-state index in [0.717, 1.165) is 12.2 Å². The van der Waals surface area contributed by atoms with E-state index in [4.69, 9.17) is 6.42 Å². The Labute approximate surface area is 165 Å². The van der Waals surface area contributed by atoms with Crippen LogP contribution in [0.2, 0.25) is 0 Å². The molecular formula is C20H28N6O2. The average molecular weight is 384 g/mol. The lowest BCUT2D eigenvalue weighted by molar-refractivity contribution is -0.139. The summed E-state index contributed by atoms with van der Waals surface area (Å²) in [6.07, 6.45) is 12.4. The third-order valence-corrected chi connectivity index (χ3v) is 5.66. The smallest absolute Gasteiger partial charge is 0.223 e. The van der Waals surface area contributed by atoms with E-state index in [2.05, 4.69) is 26.4 Å². The Morgan fingerprint density at radius 3 is 2.82 bits per heavy atom. The fourth-order valence-corrected chi connectivity index (χ4v) is 3.93. The molecular weight excluding hydrogens is 356 g/mol. The average Bonchev–Trinajstić information content (AvgIpc) is 3.35. The van der Waals surface area contributed by atoms with Crippen LogP contribution in [0.1, 0.15) is 57.3 Å². The van der Waals surface area contributed by atoms with Gasteiger partial charge < -0.3 is 14.8 Å². The number of aromatic nitrogens is 2. The Morgan fingerprint density at radius 1 is 1.43 bits per heavy atom. The van der Waals surface area contributed by atoms with Crippen LogP contribution in [0, 0.1) is 18.3 Å². The van der Waals surface area contributed by atoms with Crippen molar-refractivity contribution in [1.29, 1.82) is 0 Å². The molecule has 1 N–H and O–H groups in total. The van der Waals surface area contributed by atoms with E-state index in [1.807, 2.05) is 29.6 Å². The molecule has 1 aromatic rings. The van der Waals surface area contributed by atoms with Gasteiger partial charge in [0.15, 0.2) is 5.66 Å². The Hall–Kier alpha value is -2.69. The first kappa shape index (κ1) is 20.1. The summed E-state index contributed by atoms with van der Waals surface area (Å²) in [5.41, 5.74) is -0.435. The van der Waals surface area contributed by atoms with Gasteiger partial charge in [-0.2, -0.15) is 10.2 Å². The molecule has 1 fully saturated rings. The zero-order valence-electron chi connectivity index (χ0n) is 16.6. The molecule has 150 valence electrons. The summed E-state index contributed by atoms with van der Waals surface area (Å²) >= 11 is 0. The molecule has 3 rings (SSSR count). The van der Waals surface area contributed by atoms with E-state index in [9.17, 15) is 9.59 Å². The highest BCUT2D eigenvalue weighted by molar-refractivity contribution is 5.78. The summed E-state index contributed by atoms with van der Waals surface area (Å²) in [5, 5.41) is 11.2. The number of likely N-dealkylation sites (tertiary alicyclic amines) is 1. The molecule has 8 heteroatoms. The molecule has 0 radical (unpaired) electrons. The number of nitrogens with one attached hydrogen (secondary N) is 1. The van der Waals surface area contributed by atoms with Crippen molar-refractivity contribution < 1.29 is 9.59 Å². The molecule has 28 heavy (non-hydrogen) atoms. The summed E-state index contributed by atoms with van der Waals surface area (Å²) in [6.45, 7) is 3.13. The second kappa shape index (κ2) is 8.55. The van der Waals surface area contributed by atoms with Crippen molar-refractivity contribution in [3.05, 3.63) is 18.2 Å². The Kier molecular flexibility index (Phi) is 6.12. The van der Waals surface area contributed by atoms with Crippen molar-refractivity contribution in [2.24, 2.45) is 23.2 Å². The molecule has 2 amide bonds. The third kappa shape index (κ3) is 4.41. The number of carbonyl (C=O) groups excluding carboxylic acids is 2. The number of hydrogen-bond acceptors (Lipinski definition) is 5. The van der Waals surface area contributed by atoms with Crippen LogP contribution in [0.15, 0.2) is 22.6 Å². The van der Waals surface area contributed by atoms with Gasteiger partial charge in [0.2, 0.25) is 11.8 Å². The normalized spacial score (nSPS) is 22.8. The molecule has 0 unspecified atom stereocenters. The third-order valence-electron chi connectivity index (χ3n) is 5.66. The first-order valence-electron chi connectivity index (χ1n) is 9.90. The second-order valence-electron chi connectivity index (χ2n) is 7.51. The maximum Gasteiger partial charge on any atom is 0.223 e. The number of terminal acetylenes is 1. The van der Waals surface area contributed by atoms with Gasteiger partial charge in [-0.05, 0) is 13.3 Å². The predicted octanol–water partition coefficient (Wildman–Crippen LogP) is 2.19. The second-order valence-corrected chi connectivity index (χ2v) is 7.51. The zero-order chi connectivity index (χ0) is 20.1. The van der Waals surface area contributed by atoms with Crippen LogP contribution in [-0.2, 0) is 16.6 Å². The fraction of sp³-hybridized carbons (Fsp3) is 0.650. The van der Waals surface area contributed by atoms with Crippen LogP contribution < -0.4 is 5.32 Å². The minimum Gasteiger partial charge on any atom is -0.356 e. The molecule has 0 spiro atoms. The highest BCUT2D eigenvalue weighted by atomic mass is 16.2. The molecule has 0 aromatic carbocycles. The van der Waals surface area contributed by atoms with Gasteiger partial charge in [0, 0.05) is 70.6 Å². The van der Waals surface area contributed by atoms with E-state index in [1.54, 1.807) is 6.20 Å². The van der Waals surface area contributed by atoms with Crippen molar-refractivity contribution in [3.8, 4) is 12.3 Å². The van der Waals surface area contributed by atoms with Gasteiger partial charge in [0.25, 0.3) is 0 Å². The number of amides is 2. The van der Waals surface area contributed by atoms with Gasteiger partial charge in [0.1, 0.15) is 5.82 Å². The van der Waals surface area contributed by atoms with Crippen molar-refractivity contribution in [2.75, 3.05) is 13.1 Å². The highest BCUT2D eigenvalue weighted by Crippen LogP contribution is 2.38. The van der Waals surface area contributed by atoms with Crippen LogP contribution in [0.3, 0.4) is 0 Å². The monoisotopic (exact) mass is 384 g/mol. The maximum absolute atomic E-state index is 12.4. The number of carbonyl (C=O) groups is 2. The highest BCUT2D eigenvalue weighted by Gasteiger charge is 2.40. The minimum absolute atomic E-state index is 0.0177. The lowest BCUT2D eigenvalue weighted by Gasteiger charge is -2.40. The van der Waals surface area contributed by atoms with Crippen LogP contribution in [-0.4, -0.2) is 45.0 Å². The summed E-state index contributed by atoms with van der Waals surface area (Å²) in [4.78, 5) is 31.1. The van der Waals surface area contributed by atoms with E-state index in [0.29, 0.717) is 45.2 Å². The maximum atomic E-state index is 12.4. The first-order chi connectivity index (χ1) is 13.5. The molecule has 2 atom stereocenters. The first-order valence-corrected chi connectivity index (χ1v) is 9.90. The quantitative estimate of drug-likeness (QED) is 0.662. The molecule has 2 aliphatic rings. The van der Waals surface area contributed by atoms with E-state index in [-0.39, 0.29) is 23.8 Å².